The lowest BCUT2D eigenvalue weighted by molar-refractivity contribution is -0.118. The number of rotatable bonds is 8. The zero-order chi connectivity index (χ0) is 19.8. The Hall–Kier alpha value is -3.81. The largest absolute Gasteiger partial charge is 0.497 e. The van der Waals surface area contributed by atoms with Gasteiger partial charge in [-0.3, -0.25) is 4.79 Å². The van der Waals surface area contributed by atoms with Gasteiger partial charge in [0.1, 0.15) is 5.75 Å². The van der Waals surface area contributed by atoms with Crippen molar-refractivity contribution in [2.45, 2.75) is 0 Å². The molecule has 0 saturated carbocycles. The molecule has 3 rings (SSSR count). The Morgan fingerprint density at radius 1 is 0.857 bits per heavy atom. The topological polar surface area (TPSA) is 94.6 Å². The van der Waals surface area contributed by atoms with Gasteiger partial charge in [0.05, 0.1) is 14.2 Å². The highest BCUT2D eigenvalue weighted by Gasteiger charge is 2.08. The summed E-state index contributed by atoms with van der Waals surface area (Å²) < 4.78 is 15.8. The maximum Gasteiger partial charge on any atom is 0.263 e. The van der Waals surface area contributed by atoms with Gasteiger partial charge in [-0.15, -0.1) is 10.2 Å². The first kappa shape index (κ1) is 19.0. The van der Waals surface area contributed by atoms with E-state index in [9.17, 15) is 4.79 Å². The molecule has 0 aliphatic carbocycles. The summed E-state index contributed by atoms with van der Waals surface area (Å²) in [6.07, 6.45) is 0. The number of methoxy groups -OCH3 is 2. The third-order valence-corrected chi connectivity index (χ3v) is 3.72. The summed E-state index contributed by atoms with van der Waals surface area (Å²) in [5, 5.41) is 13.8. The van der Waals surface area contributed by atoms with Crippen LogP contribution < -0.4 is 24.8 Å². The molecule has 2 N–H and O–H groups in total. The third kappa shape index (κ3) is 5.10. The molecule has 2 aromatic carbocycles. The first-order valence-corrected chi connectivity index (χ1v) is 8.48. The van der Waals surface area contributed by atoms with Crippen LogP contribution >= 0.6 is 0 Å². The molecule has 1 amide bonds. The first-order valence-electron chi connectivity index (χ1n) is 8.48. The van der Waals surface area contributed by atoms with Crippen LogP contribution in [0.1, 0.15) is 0 Å². The van der Waals surface area contributed by atoms with Crippen LogP contribution in [0.15, 0.2) is 60.7 Å². The lowest BCUT2D eigenvalue weighted by atomic mass is 10.3. The summed E-state index contributed by atoms with van der Waals surface area (Å²) in [4.78, 5) is 12.0. The smallest absolute Gasteiger partial charge is 0.263 e. The molecule has 8 nitrogen and oxygen atoms in total. The number of nitrogens with zero attached hydrogens (tertiary/aromatic N) is 2. The fraction of sp³-hybridized carbons (Fsp3) is 0.150. The normalized spacial score (nSPS) is 10.1. The molecule has 0 fully saturated rings. The Balaban J connectivity index is 1.52. The van der Waals surface area contributed by atoms with Crippen molar-refractivity contribution in [3.8, 4) is 17.2 Å². The molecule has 1 aromatic heterocycles. The fourth-order valence-electron chi connectivity index (χ4n) is 2.35. The zero-order valence-corrected chi connectivity index (χ0v) is 15.5. The molecule has 0 aliphatic heterocycles. The van der Waals surface area contributed by atoms with Crippen LogP contribution in [0.2, 0.25) is 0 Å². The molecule has 8 heteroatoms. The third-order valence-electron chi connectivity index (χ3n) is 3.72. The van der Waals surface area contributed by atoms with Gasteiger partial charge in [-0.2, -0.15) is 0 Å². The summed E-state index contributed by atoms with van der Waals surface area (Å²) in [6.45, 7) is -0.173. The van der Waals surface area contributed by atoms with E-state index in [0.717, 1.165) is 11.4 Å². The highest BCUT2D eigenvalue weighted by molar-refractivity contribution is 5.91. The summed E-state index contributed by atoms with van der Waals surface area (Å²) in [5.74, 6) is 2.35. The molecule has 0 bridgehead atoms. The molecular weight excluding hydrogens is 360 g/mol. The standard InChI is InChI=1S/C20H20N4O4/c1-26-15-9-7-14(8-10-15)21-18-11-12-19(24-23-18)22-20(25)13-28-17-6-4-3-5-16(17)27-2/h3-12H,13H2,1-2H3,(H,21,23)(H,22,24,25). The molecule has 0 atom stereocenters. The highest BCUT2D eigenvalue weighted by Crippen LogP contribution is 2.25. The molecular formula is C20H20N4O4. The average molecular weight is 380 g/mol. The van der Waals surface area contributed by atoms with Crippen LogP contribution in [-0.4, -0.2) is 36.9 Å². The Morgan fingerprint density at radius 2 is 1.54 bits per heavy atom. The lowest BCUT2D eigenvalue weighted by Crippen LogP contribution is -2.21. The number of nitrogens with one attached hydrogen (secondary N) is 2. The molecule has 1 heterocycles. The van der Waals surface area contributed by atoms with Crippen molar-refractivity contribution in [1.29, 1.82) is 0 Å². The van der Waals surface area contributed by atoms with Crippen LogP contribution in [0.3, 0.4) is 0 Å². The Morgan fingerprint density at radius 3 is 2.18 bits per heavy atom. The van der Waals surface area contributed by atoms with Gasteiger partial charge in [0.25, 0.3) is 5.91 Å². The number of carbonyl (C=O) groups excluding carboxylic acids is 1. The minimum atomic E-state index is -0.351. The minimum absolute atomic E-state index is 0.173. The number of hydrogen-bond acceptors (Lipinski definition) is 7. The van der Waals surface area contributed by atoms with E-state index in [0.29, 0.717) is 23.1 Å². The molecule has 0 unspecified atom stereocenters. The van der Waals surface area contributed by atoms with Crippen molar-refractivity contribution in [1.82, 2.24) is 10.2 Å². The lowest BCUT2D eigenvalue weighted by Gasteiger charge is -2.10. The van der Waals surface area contributed by atoms with Crippen LogP contribution in [0.25, 0.3) is 0 Å². The number of benzene rings is 2. The number of hydrogen-bond donors (Lipinski definition) is 2. The van der Waals surface area contributed by atoms with Gasteiger partial charge >= 0.3 is 0 Å². The van der Waals surface area contributed by atoms with Crippen LogP contribution in [0.4, 0.5) is 17.3 Å². The fourth-order valence-corrected chi connectivity index (χ4v) is 2.35. The van der Waals surface area contributed by atoms with Gasteiger partial charge in [-0.1, -0.05) is 12.1 Å². The van der Waals surface area contributed by atoms with Crippen molar-refractivity contribution in [2.24, 2.45) is 0 Å². The van der Waals surface area contributed by atoms with Gasteiger partial charge < -0.3 is 24.8 Å². The van der Waals surface area contributed by atoms with E-state index < -0.39 is 0 Å². The Labute approximate surface area is 162 Å². The van der Waals surface area contributed by atoms with Gasteiger partial charge in [0.2, 0.25) is 0 Å². The summed E-state index contributed by atoms with van der Waals surface area (Å²) in [7, 11) is 3.15. The number of carbonyl (C=O) groups is 1. The maximum atomic E-state index is 12.0. The number of para-hydroxylation sites is 2. The van der Waals surface area contributed by atoms with E-state index in [1.165, 1.54) is 0 Å². The predicted octanol–water partition coefficient (Wildman–Crippen LogP) is 3.25. The van der Waals surface area contributed by atoms with Crippen LogP contribution in [0, 0.1) is 0 Å². The quantitative estimate of drug-likeness (QED) is 0.619. The second-order valence-corrected chi connectivity index (χ2v) is 5.65. The number of anilines is 3. The molecule has 0 spiro atoms. The van der Waals surface area contributed by atoms with Crippen molar-refractivity contribution >= 4 is 23.2 Å². The van der Waals surface area contributed by atoms with Crippen molar-refractivity contribution in [3.63, 3.8) is 0 Å². The molecule has 0 radical (unpaired) electrons. The minimum Gasteiger partial charge on any atom is -0.497 e. The average Bonchev–Trinajstić information content (AvgIpc) is 2.74. The number of amides is 1. The predicted molar refractivity (Wildman–Crippen MR) is 105 cm³/mol. The molecule has 3 aromatic rings. The summed E-state index contributed by atoms with van der Waals surface area (Å²) in [6, 6.07) is 17.9. The second kappa shape index (κ2) is 9.22. The van der Waals surface area contributed by atoms with Crippen molar-refractivity contribution in [2.75, 3.05) is 31.5 Å². The van der Waals surface area contributed by atoms with Crippen LogP contribution in [0.5, 0.6) is 17.2 Å². The van der Waals surface area contributed by atoms with E-state index >= 15 is 0 Å². The monoisotopic (exact) mass is 380 g/mol. The van der Waals surface area contributed by atoms with E-state index in [-0.39, 0.29) is 12.5 Å². The number of ether oxygens (including phenoxy) is 3. The van der Waals surface area contributed by atoms with Crippen molar-refractivity contribution in [3.05, 3.63) is 60.7 Å². The van der Waals surface area contributed by atoms with E-state index in [1.807, 2.05) is 30.3 Å². The number of aromatic nitrogens is 2. The molecule has 28 heavy (non-hydrogen) atoms. The van der Waals surface area contributed by atoms with Crippen molar-refractivity contribution < 1.29 is 19.0 Å². The maximum absolute atomic E-state index is 12.0. The van der Waals surface area contributed by atoms with Crippen LogP contribution in [-0.2, 0) is 4.79 Å². The Bertz CT molecular complexity index is 914. The highest BCUT2D eigenvalue weighted by atomic mass is 16.5. The first-order chi connectivity index (χ1) is 13.7. The van der Waals surface area contributed by atoms with Gasteiger partial charge in [0, 0.05) is 5.69 Å². The van der Waals surface area contributed by atoms with Gasteiger partial charge in [-0.25, -0.2) is 0 Å². The molecule has 0 aliphatic rings. The second-order valence-electron chi connectivity index (χ2n) is 5.65. The zero-order valence-electron chi connectivity index (χ0n) is 15.5. The SMILES string of the molecule is COc1ccc(Nc2ccc(NC(=O)COc3ccccc3OC)nn2)cc1. The summed E-state index contributed by atoms with van der Waals surface area (Å²) >= 11 is 0. The van der Waals surface area contributed by atoms with Gasteiger partial charge in [-0.05, 0) is 48.5 Å². The van der Waals surface area contributed by atoms with Gasteiger partial charge in [0.15, 0.2) is 29.7 Å². The van der Waals surface area contributed by atoms with E-state index in [1.54, 1.807) is 44.6 Å². The summed E-state index contributed by atoms with van der Waals surface area (Å²) in [5.41, 5.74) is 0.845. The van der Waals surface area contributed by atoms with E-state index in [2.05, 4.69) is 20.8 Å². The molecule has 144 valence electrons. The Kier molecular flexibility index (Phi) is 6.25. The van der Waals surface area contributed by atoms with E-state index in [4.69, 9.17) is 14.2 Å². The molecule has 0 saturated heterocycles.